The molecule has 0 saturated heterocycles. The molecule has 0 aliphatic heterocycles. The molecule has 0 saturated carbocycles. The van der Waals surface area contributed by atoms with Gasteiger partial charge in [0.15, 0.2) is 0 Å². The van der Waals surface area contributed by atoms with Gasteiger partial charge in [0, 0.05) is 0 Å². The summed E-state index contributed by atoms with van der Waals surface area (Å²) in [6.45, 7) is 11.0. The van der Waals surface area contributed by atoms with E-state index in [1.807, 2.05) is 72.7 Å². The van der Waals surface area contributed by atoms with Crippen LogP contribution in [-0.2, 0) is 19.7 Å². The van der Waals surface area contributed by atoms with Gasteiger partial charge in [0.2, 0.25) is 0 Å². The second-order valence-electron chi connectivity index (χ2n) is 7.43. The Balaban J connectivity index is 4.11. The fourth-order valence-electron chi connectivity index (χ4n) is 2.63. The average molecular weight is 475 g/mol. The molecule has 1 rings (SSSR count). The van der Waals surface area contributed by atoms with Crippen LogP contribution in [-0.4, -0.2) is 14.1 Å². The van der Waals surface area contributed by atoms with E-state index in [2.05, 4.69) is 0 Å². The predicted molar refractivity (Wildman–Crippen MR) is 99.8 cm³/mol. The first-order valence-electron chi connectivity index (χ1n) is 7.16. The number of halogens is 2. The van der Waals surface area contributed by atoms with Crippen molar-refractivity contribution in [3.8, 4) is 0 Å². The number of hydrogen-bond acceptors (Lipinski definition) is 3. The topological polar surface area (TPSA) is 37.4 Å². The van der Waals surface area contributed by atoms with Crippen LogP contribution in [0.25, 0.3) is 0 Å². The summed E-state index contributed by atoms with van der Waals surface area (Å²) in [5.41, 5.74) is 0.963. The van der Waals surface area contributed by atoms with E-state index in [1.165, 1.54) is 0 Å². The Kier molecular flexibility index (Phi) is 4.91. The third-order valence-corrected chi connectivity index (χ3v) is 40.4. The maximum atomic E-state index is 12.8. The van der Waals surface area contributed by atoms with Gasteiger partial charge in [-0.3, -0.25) is 0 Å². The Morgan fingerprint density at radius 1 is 0.870 bits per heavy atom. The van der Waals surface area contributed by atoms with Crippen LogP contribution in [0.2, 0.25) is 7.78 Å². The third-order valence-electron chi connectivity index (χ3n) is 4.08. The summed E-state index contributed by atoms with van der Waals surface area (Å²) >= 11 is 0. The Bertz CT molecular complexity index is 670. The van der Waals surface area contributed by atoms with E-state index in [1.54, 1.807) is 12.1 Å². The fourth-order valence-corrected chi connectivity index (χ4v) is 18.6. The molecular formula is C16H28Cl2NO2PPd. The van der Waals surface area contributed by atoms with Crippen LogP contribution in [0.15, 0.2) is 24.3 Å². The van der Waals surface area contributed by atoms with E-state index in [4.69, 9.17) is 19.1 Å². The van der Waals surface area contributed by atoms with Gasteiger partial charge in [-0.1, -0.05) is 0 Å². The number of anilines is 1. The molecule has 1 aromatic carbocycles. The number of rotatable bonds is 3. The molecule has 0 heterocycles. The molecule has 23 heavy (non-hydrogen) atoms. The summed E-state index contributed by atoms with van der Waals surface area (Å²) in [5.74, 6) is -3.11. The van der Waals surface area contributed by atoms with Gasteiger partial charge in [-0.15, -0.1) is 0 Å². The van der Waals surface area contributed by atoms with Gasteiger partial charge < -0.3 is 0 Å². The molecule has 0 aromatic heterocycles. The summed E-state index contributed by atoms with van der Waals surface area (Å²) in [5, 5.41) is 0. The quantitative estimate of drug-likeness (QED) is 0.374. The molecule has 0 atom stereocenters. The SMILES string of the molecule is CN(C)c1cc[c]([Pd]([Cl])([Cl])([P](=O)=O)([C](C)(C)C)[C](C)(C)C)cc1. The number of benzene rings is 1. The van der Waals surface area contributed by atoms with Crippen LogP contribution in [0.1, 0.15) is 41.5 Å². The van der Waals surface area contributed by atoms with Crippen LogP contribution >= 0.6 is 24.9 Å². The van der Waals surface area contributed by atoms with Gasteiger partial charge in [0.1, 0.15) is 0 Å². The fraction of sp³-hybridized carbons (Fsp3) is 0.625. The predicted octanol–water partition coefficient (Wildman–Crippen LogP) is 6.44. The van der Waals surface area contributed by atoms with E-state index in [0.29, 0.717) is 4.04 Å². The van der Waals surface area contributed by atoms with Crippen LogP contribution in [0.5, 0.6) is 0 Å². The Morgan fingerprint density at radius 2 is 1.22 bits per heavy atom. The minimum atomic E-state index is -5.49. The first kappa shape index (κ1) is 21.2. The first-order chi connectivity index (χ1) is 9.97. The van der Waals surface area contributed by atoms with E-state index < -0.39 is 24.2 Å². The number of nitrogens with zero attached hydrogens (tertiary/aromatic N) is 1. The molecule has 1 aromatic rings. The van der Waals surface area contributed by atoms with Crippen molar-refractivity contribution in [3.05, 3.63) is 24.3 Å². The summed E-state index contributed by atoms with van der Waals surface area (Å²) < 4.78 is 24.5. The average Bonchev–Trinajstić information content (AvgIpc) is 2.36. The van der Waals surface area contributed by atoms with E-state index >= 15 is 0 Å². The van der Waals surface area contributed by atoms with Gasteiger partial charge >= 0.3 is 147 Å². The van der Waals surface area contributed by atoms with Crippen molar-refractivity contribution >= 4 is 34.7 Å². The van der Waals surface area contributed by atoms with Crippen molar-refractivity contribution in [2.24, 2.45) is 0 Å². The van der Waals surface area contributed by atoms with Crippen LogP contribution in [0.3, 0.4) is 0 Å². The Hall–Kier alpha value is 0.162. The maximum absolute atomic E-state index is 12.8. The van der Waals surface area contributed by atoms with Crippen LogP contribution in [0, 0.1) is 0 Å². The van der Waals surface area contributed by atoms with Crippen molar-refractivity contribution in [1.82, 2.24) is 0 Å². The minimum absolute atomic E-state index is 0.526. The summed E-state index contributed by atoms with van der Waals surface area (Å²) in [7, 11) is 13.0. The molecule has 0 N–H and O–H groups in total. The second-order valence-corrected chi connectivity index (χ2v) is 33.7. The molecule has 0 unspecified atom stereocenters. The molecule has 0 aliphatic rings. The summed E-state index contributed by atoms with van der Waals surface area (Å²) in [6, 6.07) is 7.30. The molecule has 0 fully saturated rings. The normalized spacial score (nSPS) is 16.4. The number of hydrogen-bond donors (Lipinski definition) is 0. The molecule has 7 heteroatoms. The van der Waals surface area contributed by atoms with Gasteiger partial charge in [-0.2, -0.15) is 0 Å². The van der Waals surface area contributed by atoms with Crippen molar-refractivity contribution in [1.29, 1.82) is 0 Å². The zero-order valence-corrected chi connectivity index (χ0v) is 19.1. The standard InChI is InChI=1S/C8H10N.2C4H9.2ClH.O2P.Pd/c1-9(2)8-6-4-3-5-7-8;2*1-4(2)3;;;1-3-2;/h4-7H,1-2H3;2*1-3H3;2*1H;;/q;;;;;;+2/p-2. The molecule has 0 bridgehead atoms. The van der Waals surface area contributed by atoms with Crippen molar-refractivity contribution in [3.63, 3.8) is 0 Å². The molecule has 138 valence electrons. The van der Waals surface area contributed by atoms with Crippen LogP contribution in [0.4, 0.5) is 5.69 Å². The van der Waals surface area contributed by atoms with Gasteiger partial charge in [-0.25, -0.2) is 0 Å². The molecule has 0 radical (unpaired) electrons. The molecule has 3 nitrogen and oxygen atoms in total. The first-order valence-corrected chi connectivity index (χ1v) is 16.6. The van der Waals surface area contributed by atoms with E-state index in [0.717, 1.165) is 5.69 Å². The second kappa shape index (κ2) is 5.33. The van der Waals surface area contributed by atoms with Crippen molar-refractivity contribution < 1.29 is 19.7 Å². The van der Waals surface area contributed by atoms with E-state index in [9.17, 15) is 9.13 Å². The molecule has 0 spiro atoms. The Labute approximate surface area is 146 Å². The molecule has 0 aliphatic carbocycles. The molecular weight excluding hydrogens is 446 g/mol. The monoisotopic (exact) mass is 473 g/mol. The zero-order valence-electron chi connectivity index (χ0n) is 15.1. The summed E-state index contributed by atoms with van der Waals surface area (Å²) in [4.78, 5) is 1.95. The van der Waals surface area contributed by atoms with Crippen LogP contribution < -0.4 is 8.94 Å². The van der Waals surface area contributed by atoms with E-state index in [-0.39, 0.29) is 0 Å². The van der Waals surface area contributed by atoms with Gasteiger partial charge in [0.05, 0.1) is 0 Å². The summed E-state index contributed by atoms with van der Waals surface area (Å²) in [6.07, 6.45) is 0. The van der Waals surface area contributed by atoms with Gasteiger partial charge in [0.25, 0.3) is 0 Å². The van der Waals surface area contributed by atoms with Crippen molar-refractivity contribution in [2.45, 2.75) is 49.3 Å². The molecule has 0 amide bonds. The van der Waals surface area contributed by atoms with Crippen molar-refractivity contribution in [2.75, 3.05) is 19.0 Å². The van der Waals surface area contributed by atoms with Gasteiger partial charge in [-0.05, 0) is 0 Å². The third kappa shape index (κ3) is 2.19. The Morgan fingerprint density at radius 3 is 1.43 bits per heavy atom. The zero-order chi connectivity index (χ0) is 18.5.